The van der Waals surface area contributed by atoms with Gasteiger partial charge in [0, 0.05) is 44.4 Å². The van der Waals surface area contributed by atoms with Gasteiger partial charge in [-0.15, -0.1) is 0 Å². The predicted molar refractivity (Wildman–Crippen MR) is 105 cm³/mol. The molecule has 0 bridgehead atoms. The minimum atomic E-state index is 0.405. The van der Waals surface area contributed by atoms with Gasteiger partial charge in [-0.05, 0) is 50.9 Å². The van der Waals surface area contributed by atoms with Crippen molar-refractivity contribution in [3.63, 3.8) is 0 Å². The minimum Gasteiger partial charge on any atom is -0.338 e. The average molecular weight is 354 g/mol. The topological polar surface area (TPSA) is 45.1 Å². The van der Waals surface area contributed by atoms with Crippen LogP contribution in [0.2, 0.25) is 0 Å². The normalized spacial score (nSPS) is 25.0. The molecule has 2 unspecified atom stereocenters. The molecule has 0 aliphatic carbocycles. The minimum absolute atomic E-state index is 0.405. The Hall–Kier alpha value is -1.69. The van der Waals surface area contributed by atoms with E-state index in [4.69, 9.17) is 0 Å². The van der Waals surface area contributed by atoms with Crippen LogP contribution in [0.1, 0.15) is 47.3 Å². The molecule has 0 spiro atoms. The van der Waals surface area contributed by atoms with E-state index in [1.165, 1.54) is 48.4 Å². The summed E-state index contributed by atoms with van der Waals surface area (Å²) in [6.07, 6.45) is 6.41. The van der Waals surface area contributed by atoms with Crippen LogP contribution in [0.3, 0.4) is 0 Å². The second-order valence-corrected chi connectivity index (χ2v) is 8.09. The molecule has 2 fully saturated rings. The van der Waals surface area contributed by atoms with Crippen molar-refractivity contribution in [1.29, 1.82) is 0 Å². The number of benzene rings is 1. The highest BCUT2D eigenvalue weighted by Gasteiger charge is 2.32. The van der Waals surface area contributed by atoms with Crippen LogP contribution in [0.15, 0.2) is 30.6 Å². The first-order valence-electron chi connectivity index (χ1n) is 9.87. The van der Waals surface area contributed by atoms with Gasteiger partial charge in [0.15, 0.2) is 0 Å². The van der Waals surface area contributed by atoms with E-state index in [-0.39, 0.29) is 0 Å². The first-order chi connectivity index (χ1) is 12.6. The fourth-order valence-electron chi connectivity index (χ4n) is 4.61. The molecular formula is C21H31N5. The summed E-state index contributed by atoms with van der Waals surface area (Å²) in [7, 11) is 2.11. The highest BCUT2D eigenvalue weighted by atomic mass is 15.4. The van der Waals surface area contributed by atoms with Crippen LogP contribution in [0.4, 0.5) is 0 Å². The van der Waals surface area contributed by atoms with E-state index >= 15 is 0 Å². The van der Waals surface area contributed by atoms with Gasteiger partial charge in [0.2, 0.25) is 0 Å². The number of rotatable bonds is 4. The zero-order valence-electron chi connectivity index (χ0n) is 16.2. The van der Waals surface area contributed by atoms with Crippen LogP contribution in [0.5, 0.6) is 0 Å². The van der Waals surface area contributed by atoms with Gasteiger partial charge in [-0.2, -0.15) is 0 Å². The average Bonchev–Trinajstić information content (AvgIpc) is 3.27. The van der Waals surface area contributed by atoms with Gasteiger partial charge in [0.25, 0.3) is 0 Å². The van der Waals surface area contributed by atoms with Crippen molar-refractivity contribution in [3.8, 4) is 0 Å². The quantitative estimate of drug-likeness (QED) is 0.887. The molecule has 2 atom stereocenters. The number of hydrogen-bond donors (Lipinski definition) is 2. The van der Waals surface area contributed by atoms with Crippen LogP contribution < -0.4 is 10.9 Å². The Morgan fingerprint density at radius 1 is 1.19 bits per heavy atom. The van der Waals surface area contributed by atoms with Crippen molar-refractivity contribution >= 4 is 0 Å². The smallest absolute Gasteiger partial charge is 0.111 e. The lowest BCUT2D eigenvalue weighted by molar-refractivity contribution is 0.177. The number of nitrogens with zero attached hydrogens (tertiary/aromatic N) is 3. The standard InChI is InChI=1S/C21H31N5/c1-15-4-5-16(2)19(12-15)20-18(13-23-24-20)14-26-9-6-17(7-10-26)21-22-8-11-25(21)3/h4-5,8,11-12,17-18,20,23-24H,6-7,9-10,13-14H2,1-3H3. The molecule has 4 rings (SSSR count). The van der Waals surface area contributed by atoms with Crippen molar-refractivity contribution in [2.24, 2.45) is 13.0 Å². The molecule has 3 heterocycles. The van der Waals surface area contributed by atoms with Crippen molar-refractivity contribution in [2.45, 2.75) is 38.6 Å². The summed E-state index contributed by atoms with van der Waals surface area (Å²) in [6, 6.07) is 7.21. The lowest BCUT2D eigenvalue weighted by atomic mass is 9.89. The zero-order valence-corrected chi connectivity index (χ0v) is 16.2. The third kappa shape index (κ3) is 3.56. The maximum atomic E-state index is 4.56. The van der Waals surface area contributed by atoms with E-state index in [0.717, 1.165) is 13.1 Å². The maximum absolute atomic E-state index is 4.56. The highest BCUT2D eigenvalue weighted by Crippen LogP contribution is 2.31. The number of hydrogen-bond acceptors (Lipinski definition) is 4. The zero-order chi connectivity index (χ0) is 18.1. The lowest BCUT2D eigenvalue weighted by Crippen LogP contribution is -2.39. The Morgan fingerprint density at radius 3 is 2.73 bits per heavy atom. The van der Waals surface area contributed by atoms with Crippen LogP contribution in [-0.2, 0) is 7.05 Å². The predicted octanol–water partition coefficient (Wildman–Crippen LogP) is 2.68. The molecule has 5 nitrogen and oxygen atoms in total. The molecule has 2 aliphatic heterocycles. The van der Waals surface area contributed by atoms with Gasteiger partial charge in [0.1, 0.15) is 5.82 Å². The lowest BCUT2D eigenvalue weighted by Gasteiger charge is -2.34. The number of aromatic nitrogens is 2. The first kappa shape index (κ1) is 17.7. The molecule has 0 radical (unpaired) electrons. The Kier molecular flexibility index (Phi) is 5.11. The molecule has 1 aromatic heterocycles. The summed E-state index contributed by atoms with van der Waals surface area (Å²) in [4.78, 5) is 7.21. The summed E-state index contributed by atoms with van der Waals surface area (Å²) in [5.41, 5.74) is 11.1. The SMILES string of the molecule is Cc1ccc(C)c(C2NNCC2CN2CCC(c3nccn3C)CC2)c1. The number of imidazole rings is 1. The largest absolute Gasteiger partial charge is 0.338 e. The fourth-order valence-corrected chi connectivity index (χ4v) is 4.61. The Balaban J connectivity index is 1.38. The van der Waals surface area contributed by atoms with Gasteiger partial charge in [-0.1, -0.05) is 23.8 Å². The van der Waals surface area contributed by atoms with Crippen molar-refractivity contribution in [3.05, 3.63) is 53.1 Å². The number of piperidine rings is 1. The Bertz CT molecular complexity index is 745. The Labute approximate surface area is 156 Å². The summed E-state index contributed by atoms with van der Waals surface area (Å²) in [5.74, 6) is 2.48. The summed E-state index contributed by atoms with van der Waals surface area (Å²) < 4.78 is 2.18. The van der Waals surface area contributed by atoms with E-state index in [0.29, 0.717) is 17.9 Å². The van der Waals surface area contributed by atoms with Crippen LogP contribution in [0.25, 0.3) is 0 Å². The van der Waals surface area contributed by atoms with E-state index < -0.39 is 0 Å². The molecule has 2 aromatic rings. The molecule has 1 aromatic carbocycles. The molecule has 0 amide bonds. The summed E-state index contributed by atoms with van der Waals surface area (Å²) in [6.45, 7) is 8.96. The monoisotopic (exact) mass is 353 g/mol. The van der Waals surface area contributed by atoms with E-state index in [1.807, 2.05) is 6.20 Å². The second-order valence-electron chi connectivity index (χ2n) is 8.09. The van der Waals surface area contributed by atoms with Crippen LogP contribution >= 0.6 is 0 Å². The molecule has 2 aliphatic rings. The molecule has 0 saturated carbocycles. The van der Waals surface area contributed by atoms with E-state index in [1.54, 1.807) is 0 Å². The van der Waals surface area contributed by atoms with Gasteiger partial charge in [-0.25, -0.2) is 10.4 Å². The van der Waals surface area contributed by atoms with Crippen LogP contribution in [-0.4, -0.2) is 40.6 Å². The molecule has 26 heavy (non-hydrogen) atoms. The van der Waals surface area contributed by atoms with Crippen molar-refractivity contribution in [1.82, 2.24) is 25.3 Å². The van der Waals surface area contributed by atoms with Gasteiger partial charge >= 0.3 is 0 Å². The van der Waals surface area contributed by atoms with Crippen molar-refractivity contribution in [2.75, 3.05) is 26.2 Å². The van der Waals surface area contributed by atoms with Gasteiger partial charge in [-0.3, -0.25) is 5.43 Å². The molecule has 5 heteroatoms. The van der Waals surface area contributed by atoms with E-state index in [2.05, 4.69) is 70.6 Å². The molecule has 140 valence electrons. The van der Waals surface area contributed by atoms with Gasteiger partial charge < -0.3 is 9.47 Å². The molecular weight excluding hydrogens is 322 g/mol. The second kappa shape index (κ2) is 7.51. The molecule has 2 saturated heterocycles. The number of nitrogens with one attached hydrogen (secondary N) is 2. The maximum Gasteiger partial charge on any atom is 0.111 e. The first-order valence-corrected chi connectivity index (χ1v) is 9.87. The number of hydrazine groups is 1. The third-order valence-electron chi connectivity index (χ3n) is 6.17. The Morgan fingerprint density at radius 2 is 2.00 bits per heavy atom. The summed E-state index contributed by atoms with van der Waals surface area (Å²) in [5, 5.41) is 0. The van der Waals surface area contributed by atoms with Gasteiger partial charge in [0.05, 0.1) is 6.04 Å². The fraction of sp³-hybridized carbons (Fsp3) is 0.571. The number of aryl methyl sites for hydroxylation is 3. The van der Waals surface area contributed by atoms with Crippen molar-refractivity contribution < 1.29 is 0 Å². The molecule has 2 N–H and O–H groups in total. The highest BCUT2D eigenvalue weighted by molar-refractivity contribution is 5.34. The van der Waals surface area contributed by atoms with Crippen LogP contribution in [0, 0.1) is 19.8 Å². The van der Waals surface area contributed by atoms with E-state index in [9.17, 15) is 0 Å². The third-order valence-corrected chi connectivity index (χ3v) is 6.17. The summed E-state index contributed by atoms with van der Waals surface area (Å²) >= 11 is 0. The number of likely N-dealkylation sites (tertiary alicyclic amines) is 1.